The van der Waals surface area contributed by atoms with Crippen LogP contribution >= 0.6 is 11.3 Å². The van der Waals surface area contributed by atoms with Crippen molar-refractivity contribution in [2.24, 2.45) is 0 Å². The van der Waals surface area contributed by atoms with E-state index < -0.39 is 5.97 Å². The number of carbonyl (C=O) groups excluding carboxylic acids is 3. The summed E-state index contributed by atoms with van der Waals surface area (Å²) in [5, 5.41) is 7.90. The maximum absolute atomic E-state index is 12.5. The number of thiazole rings is 1. The molecule has 3 aromatic rings. The molecule has 0 atom stereocenters. The Labute approximate surface area is 178 Å². The van der Waals surface area contributed by atoms with Gasteiger partial charge in [-0.25, -0.2) is 9.78 Å². The van der Waals surface area contributed by atoms with Gasteiger partial charge in [0, 0.05) is 36.2 Å². The molecule has 0 unspecified atom stereocenters. The maximum Gasteiger partial charge on any atom is 0.338 e. The molecule has 2 aromatic carbocycles. The second-order valence-electron chi connectivity index (χ2n) is 6.75. The zero-order valence-electron chi connectivity index (χ0n) is 16.8. The highest BCUT2D eigenvalue weighted by Crippen LogP contribution is 2.25. The highest BCUT2D eigenvalue weighted by atomic mass is 32.1. The Morgan fingerprint density at radius 3 is 2.13 bits per heavy atom. The summed E-state index contributed by atoms with van der Waals surface area (Å²) < 4.78 is 5.38. The molecule has 0 spiro atoms. The number of amides is 2. The Morgan fingerprint density at radius 2 is 1.57 bits per heavy atom. The van der Waals surface area contributed by atoms with Crippen LogP contribution in [0.5, 0.6) is 0 Å². The molecule has 1 heterocycles. The van der Waals surface area contributed by atoms with Crippen LogP contribution in [-0.2, 0) is 20.9 Å². The minimum atomic E-state index is -0.585. The monoisotopic (exact) mass is 423 g/mol. The molecule has 0 aliphatic heterocycles. The summed E-state index contributed by atoms with van der Waals surface area (Å²) in [7, 11) is 0. The number of nitrogens with zero attached hydrogens (tertiary/aromatic N) is 1. The van der Waals surface area contributed by atoms with Gasteiger partial charge in [0.05, 0.1) is 11.3 Å². The molecule has 0 bridgehead atoms. The van der Waals surface area contributed by atoms with Crippen LogP contribution in [0.1, 0.15) is 35.5 Å². The van der Waals surface area contributed by atoms with Gasteiger partial charge in [0.25, 0.3) is 0 Å². The number of nitrogens with one attached hydrogen (secondary N) is 2. The van der Waals surface area contributed by atoms with E-state index in [1.54, 1.807) is 6.07 Å². The van der Waals surface area contributed by atoms with Gasteiger partial charge in [-0.05, 0) is 25.1 Å². The molecule has 0 radical (unpaired) electrons. The molecule has 7 nitrogen and oxygen atoms in total. The smallest absolute Gasteiger partial charge is 0.338 e. The Morgan fingerprint density at radius 1 is 0.967 bits per heavy atom. The fourth-order valence-electron chi connectivity index (χ4n) is 2.72. The van der Waals surface area contributed by atoms with Crippen molar-refractivity contribution in [2.75, 3.05) is 10.6 Å². The molecule has 0 saturated carbocycles. The van der Waals surface area contributed by atoms with Crippen LogP contribution in [0.15, 0.2) is 47.8 Å². The van der Waals surface area contributed by atoms with Crippen LogP contribution in [0.4, 0.5) is 11.4 Å². The van der Waals surface area contributed by atoms with E-state index in [4.69, 9.17) is 4.74 Å². The van der Waals surface area contributed by atoms with E-state index in [1.165, 1.54) is 42.9 Å². The molecule has 0 saturated heterocycles. The van der Waals surface area contributed by atoms with Crippen molar-refractivity contribution in [3.8, 4) is 10.6 Å². The Balaban J connectivity index is 1.71. The van der Waals surface area contributed by atoms with Crippen LogP contribution in [0.3, 0.4) is 0 Å². The second-order valence-corrected chi connectivity index (χ2v) is 7.61. The number of rotatable bonds is 6. The number of ether oxygens (including phenoxy) is 1. The van der Waals surface area contributed by atoms with Crippen molar-refractivity contribution < 1.29 is 19.1 Å². The molecule has 8 heteroatoms. The lowest BCUT2D eigenvalue weighted by atomic mass is 10.1. The quantitative estimate of drug-likeness (QED) is 0.573. The van der Waals surface area contributed by atoms with Crippen LogP contribution in [-0.4, -0.2) is 22.8 Å². The molecular weight excluding hydrogens is 402 g/mol. The lowest BCUT2D eigenvalue weighted by molar-refractivity contribution is -0.115. The van der Waals surface area contributed by atoms with Gasteiger partial charge in [-0.15, -0.1) is 11.3 Å². The normalized spacial score (nSPS) is 10.4. The minimum Gasteiger partial charge on any atom is -0.456 e. The third-order valence-electron chi connectivity index (χ3n) is 4.01. The Bertz CT molecular complexity index is 1060. The molecule has 3 rings (SSSR count). The third kappa shape index (κ3) is 5.74. The van der Waals surface area contributed by atoms with Gasteiger partial charge in [-0.2, -0.15) is 0 Å². The lowest BCUT2D eigenvalue weighted by Gasteiger charge is -2.10. The standard InChI is InChI=1S/C22H21N3O4S/c1-13-4-6-16(7-5-13)21-25-20(12-30-21)11-29-22(28)17-8-18(23-14(2)26)10-19(9-17)24-15(3)27/h4-10,12H,11H2,1-3H3,(H,23,26)(H,24,27). The van der Waals surface area contributed by atoms with Gasteiger partial charge >= 0.3 is 5.97 Å². The van der Waals surface area contributed by atoms with Gasteiger partial charge < -0.3 is 15.4 Å². The van der Waals surface area contributed by atoms with E-state index in [-0.39, 0.29) is 24.0 Å². The number of hydrogen-bond acceptors (Lipinski definition) is 6. The number of anilines is 2. The summed E-state index contributed by atoms with van der Waals surface area (Å²) in [4.78, 5) is 39.8. The zero-order valence-corrected chi connectivity index (χ0v) is 17.6. The number of hydrogen-bond donors (Lipinski definition) is 2. The van der Waals surface area contributed by atoms with Gasteiger partial charge in [-0.3, -0.25) is 9.59 Å². The van der Waals surface area contributed by atoms with Crippen molar-refractivity contribution in [3.05, 3.63) is 64.7 Å². The number of aryl methyl sites for hydroxylation is 1. The number of benzene rings is 2. The summed E-state index contributed by atoms with van der Waals surface area (Å²) >= 11 is 1.48. The average molecular weight is 423 g/mol. The lowest BCUT2D eigenvalue weighted by Crippen LogP contribution is -2.12. The van der Waals surface area contributed by atoms with Gasteiger partial charge in [0.2, 0.25) is 11.8 Å². The van der Waals surface area contributed by atoms with Crippen LogP contribution in [0.25, 0.3) is 10.6 Å². The van der Waals surface area contributed by atoms with Gasteiger partial charge in [0.15, 0.2) is 0 Å². The van der Waals surface area contributed by atoms with Gasteiger partial charge in [-0.1, -0.05) is 29.8 Å². The van der Waals surface area contributed by atoms with Crippen molar-refractivity contribution >= 4 is 40.5 Å². The van der Waals surface area contributed by atoms with Crippen molar-refractivity contribution in [2.45, 2.75) is 27.4 Å². The Hall–Kier alpha value is -3.52. The van der Waals surface area contributed by atoms with Crippen LogP contribution in [0.2, 0.25) is 0 Å². The van der Waals surface area contributed by atoms with Crippen LogP contribution < -0.4 is 10.6 Å². The SMILES string of the molecule is CC(=O)Nc1cc(NC(C)=O)cc(C(=O)OCc2csc(-c3ccc(C)cc3)n2)c1. The molecule has 1 aromatic heterocycles. The summed E-state index contributed by atoms with van der Waals surface area (Å²) in [5.74, 6) is -1.17. The van der Waals surface area contributed by atoms with Crippen molar-refractivity contribution in [3.63, 3.8) is 0 Å². The largest absolute Gasteiger partial charge is 0.456 e. The third-order valence-corrected chi connectivity index (χ3v) is 4.95. The summed E-state index contributed by atoms with van der Waals surface area (Å²) in [6.07, 6.45) is 0. The van der Waals surface area contributed by atoms with E-state index in [1.807, 2.05) is 36.6 Å². The average Bonchev–Trinajstić information content (AvgIpc) is 3.14. The van der Waals surface area contributed by atoms with Gasteiger partial charge in [0.1, 0.15) is 11.6 Å². The van der Waals surface area contributed by atoms with Crippen molar-refractivity contribution in [1.29, 1.82) is 0 Å². The fraction of sp³-hybridized carbons (Fsp3) is 0.182. The molecule has 154 valence electrons. The highest BCUT2D eigenvalue weighted by Gasteiger charge is 2.13. The molecule has 2 amide bonds. The number of carbonyl (C=O) groups is 3. The fourth-order valence-corrected chi connectivity index (χ4v) is 3.53. The topological polar surface area (TPSA) is 97.4 Å². The van der Waals surface area contributed by atoms with E-state index in [2.05, 4.69) is 15.6 Å². The molecule has 2 N–H and O–H groups in total. The summed E-state index contributed by atoms with van der Waals surface area (Å²) in [6, 6.07) is 12.6. The first kappa shape index (κ1) is 21.2. The highest BCUT2D eigenvalue weighted by molar-refractivity contribution is 7.13. The molecule has 0 aliphatic rings. The first-order valence-electron chi connectivity index (χ1n) is 9.19. The Kier molecular flexibility index (Phi) is 6.58. The van der Waals surface area contributed by atoms with E-state index in [9.17, 15) is 14.4 Å². The predicted molar refractivity (Wildman–Crippen MR) is 116 cm³/mol. The van der Waals surface area contributed by atoms with E-state index in [0.717, 1.165) is 10.6 Å². The predicted octanol–water partition coefficient (Wildman–Crippen LogP) is 4.39. The molecule has 0 aliphatic carbocycles. The van der Waals surface area contributed by atoms with Crippen molar-refractivity contribution in [1.82, 2.24) is 4.98 Å². The molecule has 30 heavy (non-hydrogen) atoms. The minimum absolute atomic E-state index is 0.0149. The number of esters is 1. The summed E-state index contributed by atoms with van der Waals surface area (Å²) in [5.41, 5.74) is 3.80. The first-order valence-corrected chi connectivity index (χ1v) is 10.1. The molecule has 0 fully saturated rings. The maximum atomic E-state index is 12.5. The zero-order chi connectivity index (χ0) is 21.7. The van der Waals surface area contributed by atoms with E-state index in [0.29, 0.717) is 17.1 Å². The second kappa shape index (κ2) is 9.32. The molecular formula is C22H21N3O4S. The van der Waals surface area contributed by atoms with Crippen LogP contribution in [0, 0.1) is 6.92 Å². The summed E-state index contributed by atoms with van der Waals surface area (Å²) in [6.45, 7) is 4.75. The van der Waals surface area contributed by atoms with E-state index >= 15 is 0 Å². The number of aromatic nitrogens is 1. The first-order chi connectivity index (χ1) is 14.3.